The Balaban J connectivity index is 2.92. The zero-order chi connectivity index (χ0) is 13.9. The molecule has 0 saturated heterocycles. The molecule has 0 heterocycles. The van der Waals surface area contributed by atoms with Gasteiger partial charge in [0, 0.05) is 6.07 Å². The number of amides is 1. The lowest BCUT2D eigenvalue weighted by Crippen LogP contribution is -2.45. The summed E-state index contributed by atoms with van der Waals surface area (Å²) in [6.45, 7) is 5.49. The van der Waals surface area contributed by atoms with Gasteiger partial charge >= 0.3 is 0 Å². The summed E-state index contributed by atoms with van der Waals surface area (Å²) in [4.78, 5) is 22.1. The Morgan fingerprint density at radius 3 is 2.44 bits per heavy atom. The predicted octanol–water partition coefficient (Wildman–Crippen LogP) is 1.91. The van der Waals surface area contributed by atoms with Crippen LogP contribution >= 0.6 is 0 Å². The van der Waals surface area contributed by atoms with Gasteiger partial charge in [-0.25, -0.2) is 0 Å². The van der Waals surface area contributed by atoms with Gasteiger partial charge in [0.15, 0.2) is 0 Å². The molecule has 0 aliphatic rings. The Kier molecular flexibility index (Phi) is 4.03. The molecule has 0 bridgehead atoms. The lowest BCUT2D eigenvalue weighted by atomic mass is 9.87. The summed E-state index contributed by atoms with van der Waals surface area (Å²) in [6, 6.07) is 5.23. The molecule has 1 aromatic carbocycles. The monoisotopic (exact) mass is 251 g/mol. The van der Waals surface area contributed by atoms with Crippen LogP contribution in [0.3, 0.4) is 0 Å². The highest BCUT2D eigenvalue weighted by atomic mass is 16.6. The van der Waals surface area contributed by atoms with Gasteiger partial charge in [0.1, 0.15) is 5.69 Å². The number of hydrogen-bond donors (Lipinski definition) is 2. The summed E-state index contributed by atoms with van der Waals surface area (Å²) >= 11 is 0. The SMILES string of the molecule is CC(C)(C)[C@H](N)C(=O)Nc1ccccc1[N+](=O)[O-]. The van der Waals surface area contributed by atoms with E-state index in [0.29, 0.717) is 0 Å². The number of nitro groups is 1. The van der Waals surface area contributed by atoms with Crippen molar-refractivity contribution in [1.29, 1.82) is 0 Å². The summed E-state index contributed by atoms with van der Waals surface area (Å²) < 4.78 is 0. The smallest absolute Gasteiger partial charge is 0.292 e. The number of anilines is 1. The largest absolute Gasteiger partial charge is 0.319 e. The van der Waals surface area contributed by atoms with Gasteiger partial charge in [0.2, 0.25) is 5.91 Å². The summed E-state index contributed by atoms with van der Waals surface area (Å²) in [5.41, 5.74) is 5.39. The van der Waals surface area contributed by atoms with Gasteiger partial charge in [-0.1, -0.05) is 32.9 Å². The number of rotatable bonds is 3. The van der Waals surface area contributed by atoms with Crippen molar-refractivity contribution in [2.45, 2.75) is 26.8 Å². The van der Waals surface area contributed by atoms with Gasteiger partial charge in [0.25, 0.3) is 5.69 Å². The molecule has 0 aliphatic heterocycles. The highest BCUT2D eigenvalue weighted by Gasteiger charge is 2.28. The Labute approximate surface area is 105 Å². The fourth-order valence-electron chi connectivity index (χ4n) is 1.34. The number of para-hydroxylation sites is 2. The molecule has 1 rings (SSSR count). The number of carbonyl (C=O) groups is 1. The molecule has 1 atom stereocenters. The molecule has 0 spiro atoms. The van der Waals surface area contributed by atoms with E-state index in [1.54, 1.807) is 6.07 Å². The first-order valence-corrected chi connectivity index (χ1v) is 5.53. The fourth-order valence-corrected chi connectivity index (χ4v) is 1.34. The molecule has 18 heavy (non-hydrogen) atoms. The van der Waals surface area contributed by atoms with Crippen molar-refractivity contribution in [2.24, 2.45) is 11.1 Å². The minimum atomic E-state index is -0.739. The highest BCUT2D eigenvalue weighted by molar-refractivity contribution is 5.97. The van der Waals surface area contributed by atoms with E-state index in [2.05, 4.69) is 5.32 Å². The highest BCUT2D eigenvalue weighted by Crippen LogP contribution is 2.25. The summed E-state index contributed by atoms with van der Waals surface area (Å²) in [7, 11) is 0. The molecule has 0 fully saturated rings. The average molecular weight is 251 g/mol. The molecule has 0 radical (unpaired) electrons. The van der Waals surface area contributed by atoms with E-state index in [-0.39, 0.29) is 11.4 Å². The first kappa shape index (κ1) is 14.1. The molecule has 1 aromatic rings. The van der Waals surface area contributed by atoms with E-state index in [4.69, 9.17) is 5.73 Å². The van der Waals surface area contributed by atoms with Crippen LogP contribution in [0.2, 0.25) is 0 Å². The Morgan fingerprint density at radius 1 is 1.39 bits per heavy atom. The molecule has 0 aromatic heterocycles. The minimum absolute atomic E-state index is 0.146. The number of benzene rings is 1. The van der Waals surface area contributed by atoms with E-state index in [1.807, 2.05) is 20.8 Å². The molecule has 0 unspecified atom stereocenters. The van der Waals surface area contributed by atoms with Gasteiger partial charge in [-0.15, -0.1) is 0 Å². The van der Waals surface area contributed by atoms with E-state index in [0.717, 1.165) is 0 Å². The van der Waals surface area contributed by atoms with Crippen LogP contribution in [-0.2, 0) is 4.79 Å². The zero-order valence-corrected chi connectivity index (χ0v) is 10.6. The van der Waals surface area contributed by atoms with Gasteiger partial charge in [-0.05, 0) is 11.5 Å². The standard InChI is InChI=1S/C12H17N3O3/c1-12(2,3)10(13)11(16)14-8-6-4-5-7-9(8)15(17)18/h4-7,10H,13H2,1-3H3,(H,14,16)/t10-/m1/s1. The van der Waals surface area contributed by atoms with Gasteiger partial charge in [0.05, 0.1) is 11.0 Å². The lowest BCUT2D eigenvalue weighted by molar-refractivity contribution is -0.383. The Hall–Kier alpha value is -1.95. The van der Waals surface area contributed by atoms with Crippen LogP contribution in [0.15, 0.2) is 24.3 Å². The molecule has 98 valence electrons. The number of nitrogens with zero attached hydrogens (tertiary/aromatic N) is 1. The Morgan fingerprint density at radius 2 is 1.94 bits per heavy atom. The number of nitro benzene ring substituents is 1. The van der Waals surface area contributed by atoms with Crippen molar-refractivity contribution in [3.63, 3.8) is 0 Å². The minimum Gasteiger partial charge on any atom is -0.319 e. The summed E-state index contributed by atoms with van der Waals surface area (Å²) in [6.07, 6.45) is 0. The van der Waals surface area contributed by atoms with Crippen molar-refractivity contribution in [3.05, 3.63) is 34.4 Å². The third kappa shape index (κ3) is 3.27. The van der Waals surface area contributed by atoms with Crippen molar-refractivity contribution < 1.29 is 9.72 Å². The second kappa shape index (κ2) is 5.14. The van der Waals surface area contributed by atoms with Crippen molar-refractivity contribution in [3.8, 4) is 0 Å². The molecule has 0 aliphatic carbocycles. The van der Waals surface area contributed by atoms with Crippen LogP contribution in [0.4, 0.5) is 11.4 Å². The number of hydrogen-bond acceptors (Lipinski definition) is 4. The first-order valence-electron chi connectivity index (χ1n) is 5.53. The number of nitrogens with two attached hydrogens (primary N) is 1. The maximum Gasteiger partial charge on any atom is 0.292 e. The normalized spacial score (nSPS) is 12.9. The Bertz CT molecular complexity index is 466. The molecule has 0 saturated carbocycles. The first-order chi connectivity index (χ1) is 8.23. The predicted molar refractivity (Wildman–Crippen MR) is 69.2 cm³/mol. The van der Waals surface area contributed by atoms with Crippen LogP contribution in [0.1, 0.15) is 20.8 Å². The second-order valence-corrected chi connectivity index (χ2v) is 5.11. The maximum atomic E-state index is 11.9. The van der Waals surface area contributed by atoms with E-state index < -0.39 is 22.3 Å². The molecular weight excluding hydrogens is 234 g/mol. The zero-order valence-electron chi connectivity index (χ0n) is 10.6. The summed E-state index contributed by atoms with van der Waals surface area (Å²) in [5, 5.41) is 13.3. The molecular formula is C12H17N3O3. The van der Waals surface area contributed by atoms with E-state index in [9.17, 15) is 14.9 Å². The summed E-state index contributed by atoms with van der Waals surface area (Å²) in [5.74, 6) is -0.434. The third-order valence-electron chi connectivity index (χ3n) is 2.57. The van der Waals surface area contributed by atoms with Crippen LogP contribution in [0.5, 0.6) is 0 Å². The van der Waals surface area contributed by atoms with Crippen molar-refractivity contribution in [1.82, 2.24) is 0 Å². The quantitative estimate of drug-likeness (QED) is 0.633. The number of carbonyl (C=O) groups excluding carboxylic acids is 1. The van der Waals surface area contributed by atoms with Crippen LogP contribution in [0, 0.1) is 15.5 Å². The molecule has 1 amide bonds. The van der Waals surface area contributed by atoms with Crippen LogP contribution in [0.25, 0.3) is 0 Å². The van der Waals surface area contributed by atoms with Gasteiger partial charge in [-0.3, -0.25) is 14.9 Å². The van der Waals surface area contributed by atoms with Crippen molar-refractivity contribution in [2.75, 3.05) is 5.32 Å². The van der Waals surface area contributed by atoms with E-state index in [1.165, 1.54) is 18.2 Å². The molecule has 6 heteroatoms. The lowest BCUT2D eigenvalue weighted by Gasteiger charge is -2.25. The van der Waals surface area contributed by atoms with Gasteiger partial charge < -0.3 is 11.1 Å². The van der Waals surface area contributed by atoms with Crippen LogP contribution < -0.4 is 11.1 Å². The van der Waals surface area contributed by atoms with Gasteiger partial charge in [-0.2, -0.15) is 0 Å². The van der Waals surface area contributed by atoms with E-state index >= 15 is 0 Å². The van der Waals surface area contributed by atoms with Crippen LogP contribution in [-0.4, -0.2) is 16.9 Å². The molecule has 6 nitrogen and oxygen atoms in total. The third-order valence-corrected chi connectivity index (χ3v) is 2.57. The average Bonchev–Trinajstić information content (AvgIpc) is 2.27. The maximum absolute atomic E-state index is 11.9. The second-order valence-electron chi connectivity index (χ2n) is 5.11. The number of nitrogens with one attached hydrogen (secondary N) is 1. The van der Waals surface area contributed by atoms with Crippen molar-refractivity contribution >= 4 is 17.3 Å². The molecule has 3 N–H and O–H groups in total. The topological polar surface area (TPSA) is 98.3 Å². The fraction of sp³-hybridized carbons (Fsp3) is 0.417.